The molecule has 10 heteroatoms. The van der Waals surface area contributed by atoms with E-state index in [-0.39, 0.29) is 5.91 Å². The van der Waals surface area contributed by atoms with Gasteiger partial charge in [-0.05, 0) is 45.0 Å². The molecule has 2 unspecified atom stereocenters. The van der Waals surface area contributed by atoms with Gasteiger partial charge in [0.15, 0.2) is 11.0 Å². The van der Waals surface area contributed by atoms with E-state index in [0.29, 0.717) is 22.2 Å². The highest BCUT2D eigenvalue weighted by atomic mass is 79.9. The zero-order valence-electron chi connectivity index (χ0n) is 16.7. The molecular weight excluding hydrogens is 470 g/mol. The van der Waals surface area contributed by atoms with Gasteiger partial charge >= 0.3 is 0 Å². The number of para-hydroxylation sites is 1. The lowest BCUT2D eigenvalue weighted by Gasteiger charge is -2.26. The van der Waals surface area contributed by atoms with Crippen molar-refractivity contribution >= 4 is 39.3 Å². The Hall–Kier alpha value is -2.27. The molecule has 0 aliphatic carbocycles. The molecule has 0 bridgehead atoms. The number of carbonyl (C=O) groups excluding carboxylic acids is 1. The second kappa shape index (κ2) is 9.69. The van der Waals surface area contributed by atoms with E-state index < -0.39 is 16.2 Å². The summed E-state index contributed by atoms with van der Waals surface area (Å²) in [6.07, 6.45) is 1.91. The number of halogens is 1. The second-order valence-electron chi connectivity index (χ2n) is 7.26. The second-order valence-corrected chi connectivity index (χ2v) is 9.86. The van der Waals surface area contributed by atoms with Crippen molar-refractivity contribution in [3.05, 3.63) is 54.9 Å². The van der Waals surface area contributed by atoms with E-state index >= 15 is 0 Å². The Balaban J connectivity index is 1.86. The molecule has 0 spiro atoms. The summed E-state index contributed by atoms with van der Waals surface area (Å²) in [6.45, 7) is 5.49. The van der Waals surface area contributed by atoms with Gasteiger partial charge in [0, 0.05) is 23.6 Å². The number of hydrogen-bond acceptors (Lipinski definition) is 7. The molecule has 8 nitrogen and oxygen atoms in total. The molecule has 0 aliphatic rings. The normalized spacial score (nSPS) is 13.6. The summed E-state index contributed by atoms with van der Waals surface area (Å²) in [4.78, 5) is 16.7. The molecule has 3 aromatic rings. The van der Waals surface area contributed by atoms with Gasteiger partial charge < -0.3 is 15.2 Å². The number of amides is 1. The van der Waals surface area contributed by atoms with Gasteiger partial charge in [0.1, 0.15) is 4.16 Å². The number of thioether (sulfide) groups is 1. The van der Waals surface area contributed by atoms with Crippen LogP contribution in [0.25, 0.3) is 11.4 Å². The number of aliphatic hydroxyl groups is 1. The number of carbonyl (C=O) groups is 1. The lowest BCUT2D eigenvalue weighted by atomic mass is 10.2. The van der Waals surface area contributed by atoms with Crippen molar-refractivity contribution < 1.29 is 14.6 Å². The van der Waals surface area contributed by atoms with Crippen molar-refractivity contribution in [1.29, 1.82) is 0 Å². The standard InChI is InChI=1S/C20H22BrN5O3S/c1-20(2,3)29-19(28)26-16(13-8-7-11-22-12-13)24-25-18(26)30-15(21)17(27)23-14-9-5-4-6-10-14/h4-12,15,19,28H,1-3H3,(H,23,27). The largest absolute Gasteiger partial charge is 0.351 e. The topological polar surface area (TPSA) is 102 Å². The number of ether oxygens (including phenoxy) is 1. The van der Waals surface area contributed by atoms with Crippen molar-refractivity contribution in [3.63, 3.8) is 0 Å². The molecule has 0 radical (unpaired) electrons. The van der Waals surface area contributed by atoms with Crippen LogP contribution in [0.3, 0.4) is 0 Å². The van der Waals surface area contributed by atoms with Gasteiger partial charge in [-0.3, -0.25) is 14.3 Å². The van der Waals surface area contributed by atoms with Crippen molar-refractivity contribution in [2.24, 2.45) is 0 Å². The summed E-state index contributed by atoms with van der Waals surface area (Å²) in [6, 6.07) is 12.7. The Morgan fingerprint density at radius 2 is 1.93 bits per heavy atom. The number of benzene rings is 1. The van der Waals surface area contributed by atoms with Crippen LogP contribution >= 0.6 is 27.7 Å². The summed E-state index contributed by atoms with van der Waals surface area (Å²) in [5, 5.41) is 22.3. The molecule has 158 valence electrons. The number of hydrogen-bond donors (Lipinski definition) is 2. The number of nitrogens with zero attached hydrogens (tertiary/aromatic N) is 4. The number of aromatic nitrogens is 4. The predicted octanol–water partition coefficient (Wildman–Crippen LogP) is 4.06. The number of alkyl halides is 1. The Morgan fingerprint density at radius 3 is 2.57 bits per heavy atom. The Kier molecular flexibility index (Phi) is 7.24. The minimum Gasteiger partial charge on any atom is -0.351 e. The molecule has 2 aromatic heterocycles. The zero-order chi connectivity index (χ0) is 21.7. The van der Waals surface area contributed by atoms with Crippen LogP contribution in [0, 0.1) is 0 Å². The molecular formula is C20H22BrN5O3S. The average Bonchev–Trinajstić information content (AvgIpc) is 3.12. The third-order valence-corrected chi connectivity index (χ3v) is 5.61. The lowest BCUT2D eigenvalue weighted by molar-refractivity contribution is -0.212. The fraction of sp³-hybridized carbons (Fsp3) is 0.300. The highest BCUT2D eigenvalue weighted by Gasteiger charge is 2.28. The Labute approximate surface area is 187 Å². The Bertz CT molecular complexity index is 979. The molecule has 2 atom stereocenters. The lowest BCUT2D eigenvalue weighted by Crippen LogP contribution is -2.27. The van der Waals surface area contributed by atoms with Crippen LogP contribution in [0.2, 0.25) is 0 Å². The van der Waals surface area contributed by atoms with Crippen LogP contribution in [0.1, 0.15) is 27.2 Å². The van der Waals surface area contributed by atoms with Crippen molar-refractivity contribution in [1.82, 2.24) is 19.7 Å². The molecule has 1 aromatic carbocycles. The molecule has 0 saturated heterocycles. The van der Waals surface area contributed by atoms with E-state index in [2.05, 4.69) is 36.4 Å². The van der Waals surface area contributed by atoms with Crippen LogP contribution < -0.4 is 5.32 Å². The maximum absolute atomic E-state index is 12.6. The predicted molar refractivity (Wildman–Crippen MR) is 119 cm³/mol. The van der Waals surface area contributed by atoms with Crippen LogP contribution in [-0.4, -0.2) is 40.5 Å². The van der Waals surface area contributed by atoms with E-state index in [1.807, 2.05) is 39.0 Å². The highest BCUT2D eigenvalue weighted by Crippen LogP contribution is 2.33. The fourth-order valence-corrected chi connectivity index (χ4v) is 3.83. The van der Waals surface area contributed by atoms with Crippen molar-refractivity contribution in [2.45, 2.75) is 42.1 Å². The fourth-order valence-electron chi connectivity index (χ4n) is 2.48. The summed E-state index contributed by atoms with van der Waals surface area (Å²) in [5.41, 5.74) is 0.727. The van der Waals surface area contributed by atoms with E-state index in [1.165, 1.54) is 4.57 Å². The van der Waals surface area contributed by atoms with Crippen LogP contribution in [-0.2, 0) is 9.53 Å². The first-order valence-corrected chi connectivity index (χ1v) is 10.9. The quantitative estimate of drug-likeness (QED) is 0.291. The maximum Gasteiger partial charge on any atom is 0.248 e. The SMILES string of the molecule is CC(C)(C)OC(O)n1c(SC(Br)C(=O)Nc2ccccc2)nnc1-c1cccnc1. The summed E-state index contributed by atoms with van der Waals surface area (Å²) >= 11 is 4.48. The van der Waals surface area contributed by atoms with Crippen LogP contribution in [0.4, 0.5) is 5.69 Å². The number of rotatable bonds is 7. The van der Waals surface area contributed by atoms with E-state index in [9.17, 15) is 9.90 Å². The third-order valence-electron chi connectivity index (χ3n) is 3.72. The first kappa shape index (κ1) is 22.4. The first-order chi connectivity index (χ1) is 14.2. The van der Waals surface area contributed by atoms with Crippen molar-refractivity contribution in [3.8, 4) is 11.4 Å². The molecule has 30 heavy (non-hydrogen) atoms. The van der Waals surface area contributed by atoms with Crippen molar-refractivity contribution in [2.75, 3.05) is 5.32 Å². The summed E-state index contributed by atoms with van der Waals surface area (Å²) in [7, 11) is 0. The third kappa shape index (κ3) is 5.88. The summed E-state index contributed by atoms with van der Waals surface area (Å²) in [5.74, 6) is 0.112. The Morgan fingerprint density at radius 1 is 1.20 bits per heavy atom. The first-order valence-electron chi connectivity index (χ1n) is 9.12. The molecule has 0 aliphatic heterocycles. The number of pyridine rings is 1. The molecule has 0 fully saturated rings. The molecule has 2 heterocycles. The molecule has 2 N–H and O–H groups in total. The van der Waals surface area contributed by atoms with Gasteiger partial charge in [-0.1, -0.05) is 45.9 Å². The minimum atomic E-state index is -1.35. The van der Waals surface area contributed by atoms with Gasteiger partial charge in [-0.25, -0.2) is 0 Å². The van der Waals surface area contributed by atoms with Crippen LogP contribution in [0.15, 0.2) is 60.0 Å². The maximum atomic E-state index is 12.6. The van der Waals surface area contributed by atoms with Gasteiger partial charge in [0.05, 0.1) is 5.60 Å². The highest BCUT2D eigenvalue weighted by molar-refractivity contribution is 9.11. The molecule has 0 saturated carbocycles. The number of anilines is 1. The van der Waals surface area contributed by atoms with Gasteiger partial charge in [0.25, 0.3) is 0 Å². The smallest absolute Gasteiger partial charge is 0.248 e. The van der Waals surface area contributed by atoms with Gasteiger partial charge in [0.2, 0.25) is 12.3 Å². The van der Waals surface area contributed by atoms with E-state index in [4.69, 9.17) is 4.74 Å². The van der Waals surface area contributed by atoms with Crippen LogP contribution in [0.5, 0.6) is 0 Å². The van der Waals surface area contributed by atoms with Gasteiger partial charge in [-0.15, -0.1) is 10.2 Å². The molecule has 1 amide bonds. The monoisotopic (exact) mass is 491 g/mol. The zero-order valence-corrected chi connectivity index (χ0v) is 19.1. The van der Waals surface area contributed by atoms with E-state index in [1.54, 1.807) is 36.7 Å². The summed E-state index contributed by atoms with van der Waals surface area (Å²) < 4.78 is 6.48. The average molecular weight is 492 g/mol. The van der Waals surface area contributed by atoms with Gasteiger partial charge in [-0.2, -0.15) is 0 Å². The van der Waals surface area contributed by atoms with E-state index in [0.717, 1.165) is 11.8 Å². The molecule has 3 rings (SSSR count). The number of aliphatic hydroxyl groups excluding tert-OH is 1. The minimum absolute atomic E-state index is 0.269. The number of nitrogens with one attached hydrogen (secondary N) is 1.